The lowest BCUT2D eigenvalue weighted by atomic mass is 10.0. The molecule has 0 aliphatic rings. The molecule has 0 aromatic heterocycles. The van der Waals surface area contributed by atoms with Crippen molar-refractivity contribution in [3.63, 3.8) is 0 Å². The largest absolute Gasteiger partial charge is 0.508 e. The van der Waals surface area contributed by atoms with Gasteiger partial charge in [0.1, 0.15) is 5.75 Å². The highest BCUT2D eigenvalue weighted by Gasteiger charge is 2.26. The van der Waals surface area contributed by atoms with Crippen molar-refractivity contribution in [1.82, 2.24) is 5.32 Å². The smallest absolute Gasteiger partial charge is 0.237 e. The summed E-state index contributed by atoms with van der Waals surface area (Å²) in [6.45, 7) is 4.92. The van der Waals surface area contributed by atoms with Crippen molar-refractivity contribution in [3.8, 4) is 5.75 Å². The SMILES string of the molecule is CCC(CC)(CNC(=O)C(N)Cc1ccc(O)cc1)SC. The molecular weight excluding hydrogens is 284 g/mol. The number of phenols is 1. The number of benzene rings is 1. The van der Waals surface area contributed by atoms with E-state index >= 15 is 0 Å². The first-order valence-electron chi connectivity index (χ1n) is 7.32. The molecule has 118 valence electrons. The summed E-state index contributed by atoms with van der Waals surface area (Å²) in [7, 11) is 0. The van der Waals surface area contributed by atoms with E-state index < -0.39 is 6.04 Å². The highest BCUT2D eigenvalue weighted by molar-refractivity contribution is 8.00. The molecule has 0 aliphatic heterocycles. The molecule has 0 saturated carbocycles. The molecular formula is C16H26N2O2S. The topological polar surface area (TPSA) is 75.4 Å². The van der Waals surface area contributed by atoms with Crippen molar-refractivity contribution >= 4 is 17.7 Å². The average molecular weight is 310 g/mol. The molecule has 0 radical (unpaired) electrons. The maximum Gasteiger partial charge on any atom is 0.237 e. The fraction of sp³-hybridized carbons (Fsp3) is 0.562. The van der Waals surface area contributed by atoms with E-state index in [4.69, 9.17) is 5.73 Å². The highest BCUT2D eigenvalue weighted by atomic mass is 32.2. The third-order valence-corrected chi connectivity index (χ3v) is 5.62. The first-order chi connectivity index (χ1) is 9.96. The van der Waals surface area contributed by atoms with Gasteiger partial charge in [-0.1, -0.05) is 26.0 Å². The van der Waals surface area contributed by atoms with Crippen molar-refractivity contribution in [2.75, 3.05) is 12.8 Å². The van der Waals surface area contributed by atoms with Crippen LogP contribution in [0.15, 0.2) is 24.3 Å². The van der Waals surface area contributed by atoms with Crippen molar-refractivity contribution < 1.29 is 9.90 Å². The van der Waals surface area contributed by atoms with Gasteiger partial charge in [0, 0.05) is 11.3 Å². The number of thioether (sulfide) groups is 1. The molecule has 0 heterocycles. The Labute approximate surface area is 131 Å². The minimum atomic E-state index is -0.567. The molecule has 0 bridgehead atoms. The number of hydrogen-bond acceptors (Lipinski definition) is 4. The molecule has 1 aromatic carbocycles. The Balaban J connectivity index is 2.53. The van der Waals surface area contributed by atoms with E-state index in [-0.39, 0.29) is 16.4 Å². The standard InChI is InChI=1S/C16H26N2O2S/c1-4-16(5-2,21-3)11-18-15(20)14(17)10-12-6-8-13(19)9-7-12/h6-9,14,19H,4-5,10-11,17H2,1-3H3,(H,18,20). The molecule has 21 heavy (non-hydrogen) atoms. The first-order valence-corrected chi connectivity index (χ1v) is 8.55. The summed E-state index contributed by atoms with van der Waals surface area (Å²) < 4.78 is 0.0912. The zero-order valence-corrected chi connectivity index (χ0v) is 13.9. The number of amides is 1. The number of nitrogens with one attached hydrogen (secondary N) is 1. The summed E-state index contributed by atoms with van der Waals surface area (Å²) in [5, 5.41) is 12.2. The van der Waals surface area contributed by atoms with Crippen LogP contribution in [0.5, 0.6) is 5.75 Å². The molecule has 1 amide bonds. The van der Waals surface area contributed by atoms with Crippen LogP contribution in [-0.2, 0) is 11.2 Å². The Morgan fingerprint density at radius 2 is 1.90 bits per heavy atom. The molecule has 1 aromatic rings. The van der Waals surface area contributed by atoms with Gasteiger partial charge in [0.2, 0.25) is 5.91 Å². The molecule has 1 rings (SSSR count). The summed E-state index contributed by atoms with van der Waals surface area (Å²) >= 11 is 1.79. The van der Waals surface area contributed by atoms with Gasteiger partial charge < -0.3 is 16.2 Å². The van der Waals surface area contributed by atoms with E-state index in [1.54, 1.807) is 36.0 Å². The third-order valence-electron chi connectivity index (χ3n) is 4.04. The third kappa shape index (κ3) is 5.25. The van der Waals surface area contributed by atoms with Gasteiger partial charge in [-0.25, -0.2) is 0 Å². The maximum atomic E-state index is 12.1. The fourth-order valence-corrected chi connectivity index (χ4v) is 3.01. The monoisotopic (exact) mass is 310 g/mol. The molecule has 1 unspecified atom stereocenters. The van der Waals surface area contributed by atoms with Crippen molar-refractivity contribution in [3.05, 3.63) is 29.8 Å². The van der Waals surface area contributed by atoms with Gasteiger partial charge in [0.25, 0.3) is 0 Å². The van der Waals surface area contributed by atoms with Gasteiger partial charge in [-0.15, -0.1) is 0 Å². The highest BCUT2D eigenvalue weighted by Crippen LogP contribution is 2.29. The van der Waals surface area contributed by atoms with Crippen LogP contribution in [0, 0.1) is 0 Å². The van der Waals surface area contributed by atoms with Crippen LogP contribution >= 0.6 is 11.8 Å². The number of hydrogen-bond donors (Lipinski definition) is 3. The summed E-state index contributed by atoms with van der Waals surface area (Å²) in [6.07, 6.45) is 4.57. The van der Waals surface area contributed by atoms with E-state index in [1.165, 1.54) is 0 Å². The average Bonchev–Trinajstić information content (AvgIpc) is 2.51. The fourth-order valence-electron chi connectivity index (χ4n) is 2.22. The maximum absolute atomic E-state index is 12.1. The Hall–Kier alpha value is -1.20. The zero-order valence-electron chi connectivity index (χ0n) is 13.1. The van der Waals surface area contributed by atoms with E-state index in [1.807, 2.05) is 0 Å². The number of carbonyl (C=O) groups is 1. The van der Waals surface area contributed by atoms with Gasteiger partial charge in [0.05, 0.1) is 6.04 Å². The normalized spacial score (nSPS) is 13.0. The molecule has 0 aliphatic carbocycles. The molecule has 5 heteroatoms. The Morgan fingerprint density at radius 3 is 2.38 bits per heavy atom. The molecule has 4 N–H and O–H groups in total. The van der Waals surface area contributed by atoms with Gasteiger partial charge >= 0.3 is 0 Å². The number of rotatable bonds is 8. The Bertz CT molecular complexity index is 436. The van der Waals surface area contributed by atoms with Gasteiger partial charge in [-0.3, -0.25) is 4.79 Å². The lowest BCUT2D eigenvalue weighted by Gasteiger charge is -2.30. The van der Waals surface area contributed by atoms with Crippen LogP contribution in [0.1, 0.15) is 32.3 Å². The predicted molar refractivity (Wildman–Crippen MR) is 89.6 cm³/mol. The molecule has 1 atom stereocenters. The second-order valence-electron chi connectivity index (χ2n) is 5.29. The van der Waals surface area contributed by atoms with Crippen LogP contribution in [0.3, 0.4) is 0 Å². The van der Waals surface area contributed by atoms with Crippen LogP contribution < -0.4 is 11.1 Å². The predicted octanol–water partition coefficient (Wildman–Crippen LogP) is 2.30. The molecule has 0 spiro atoms. The Morgan fingerprint density at radius 1 is 1.33 bits per heavy atom. The summed E-state index contributed by atoms with van der Waals surface area (Å²) in [4.78, 5) is 12.1. The molecule has 4 nitrogen and oxygen atoms in total. The van der Waals surface area contributed by atoms with Crippen LogP contribution in [0.4, 0.5) is 0 Å². The minimum absolute atomic E-state index is 0.0912. The van der Waals surface area contributed by atoms with E-state index in [2.05, 4.69) is 25.4 Å². The van der Waals surface area contributed by atoms with E-state index in [0.717, 1.165) is 18.4 Å². The van der Waals surface area contributed by atoms with Crippen molar-refractivity contribution in [1.29, 1.82) is 0 Å². The number of nitrogens with two attached hydrogens (primary N) is 1. The summed E-state index contributed by atoms with van der Waals surface area (Å²) in [5.74, 6) is 0.0934. The zero-order chi connectivity index (χ0) is 15.9. The molecule has 0 saturated heterocycles. The number of aromatic hydroxyl groups is 1. The van der Waals surface area contributed by atoms with Crippen molar-refractivity contribution in [2.45, 2.75) is 43.9 Å². The lowest BCUT2D eigenvalue weighted by Crippen LogP contribution is -2.47. The quantitative estimate of drug-likeness (QED) is 0.689. The summed E-state index contributed by atoms with van der Waals surface area (Å²) in [5.41, 5.74) is 6.90. The van der Waals surface area contributed by atoms with Crippen LogP contribution in [0.25, 0.3) is 0 Å². The van der Waals surface area contributed by atoms with Gasteiger partial charge in [0.15, 0.2) is 0 Å². The van der Waals surface area contributed by atoms with E-state index in [9.17, 15) is 9.90 Å². The van der Waals surface area contributed by atoms with E-state index in [0.29, 0.717) is 13.0 Å². The summed E-state index contributed by atoms with van der Waals surface area (Å²) in [6, 6.07) is 6.21. The van der Waals surface area contributed by atoms with Gasteiger partial charge in [-0.05, 0) is 43.2 Å². The number of carbonyl (C=O) groups excluding carboxylic acids is 1. The van der Waals surface area contributed by atoms with Gasteiger partial charge in [-0.2, -0.15) is 11.8 Å². The molecule has 0 fully saturated rings. The van der Waals surface area contributed by atoms with Crippen molar-refractivity contribution in [2.24, 2.45) is 5.73 Å². The minimum Gasteiger partial charge on any atom is -0.508 e. The van der Waals surface area contributed by atoms with Crippen LogP contribution in [0.2, 0.25) is 0 Å². The second kappa shape index (κ2) is 8.29. The second-order valence-corrected chi connectivity index (χ2v) is 6.56. The lowest BCUT2D eigenvalue weighted by molar-refractivity contribution is -0.122. The number of phenolic OH excluding ortho intramolecular Hbond substituents is 1. The first kappa shape index (κ1) is 17.9. The van der Waals surface area contributed by atoms with Crippen LogP contribution in [-0.4, -0.2) is 34.6 Å². The Kier molecular flexibility index (Phi) is 7.05.